The van der Waals surface area contributed by atoms with Gasteiger partial charge in [0.2, 0.25) is 0 Å². The molecule has 0 amide bonds. The average Bonchev–Trinajstić information content (AvgIpc) is 2.25. The van der Waals surface area contributed by atoms with Gasteiger partial charge in [0.1, 0.15) is 0 Å². The second-order valence-electron chi connectivity index (χ2n) is 3.09. The summed E-state index contributed by atoms with van der Waals surface area (Å²) in [5, 5.41) is 3.41. The molecule has 0 bridgehead atoms. The molecule has 2 nitrogen and oxygen atoms in total. The van der Waals surface area contributed by atoms with E-state index in [2.05, 4.69) is 23.3 Å². The number of aromatic nitrogens is 1. The van der Waals surface area contributed by atoms with Gasteiger partial charge in [0.25, 0.3) is 0 Å². The summed E-state index contributed by atoms with van der Waals surface area (Å²) in [6, 6.07) is 4.07. The van der Waals surface area contributed by atoms with Gasteiger partial charge in [-0.2, -0.15) is 11.8 Å². The highest BCUT2D eigenvalue weighted by Gasteiger charge is 1.91. The maximum Gasteiger partial charge on any atom is 0.0312 e. The number of rotatable bonds is 7. The molecule has 3 heteroatoms. The normalized spacial score (nSPS) is 10.4. The van der Waals surface area contributed by atoms with Gasteiger partial charge in [0.15, 0.2) is 0 Å². The van der Waals surface area contributed by atoms with E-state index >= 15 is 0 Å². The predicted octanol–water partition coefficient (Wildman–Crippen LogP) is 2.31. The third kappa shape index (κ3) is 5.25. The molecule has 1 aromatic heterocycles. The second kappa shape index (κ2) is 7.83. The Kier molecular flexibility index (Phi) is 6.45. The van der Waals surface area contributed by atoms with Crippen LogP contribution in [0.5, 0.6) is 0 Å². The van der Waals surface area contributed by atoms with E-state index < -0.39 is 0 Å². The van der Waals surface area contributed by atoms with E-state index in [1.807, 2.05) is 24.0 Å². The minimum absolute atomic E-state index is 0.935. The van der Waals surface area contributed by atoms with Crippen LogP contribution >= 0.6 is 11.8 Å². The summed E-state index contributed by atoms with van der Waals surface area (Å²) < 4.78 is 0. The zero-order valence-electron chi connectivity index (χ0n) is 8.70. The van der Waals surface area contributed by atoms with Crippen molar-refractivity contribution in [1.82, 2.24) is 10.3 Å². The van der Waals surface area contributed by atoms with Crippen LogP contribution in [0.3, 0.4) is 0 Å². The van der Waals surface area contributed by atoms with Crippen molar-refractivity contribution >= 4 is 11.8 Å². The molecule has 0 fully saturated rings. The summed E-state index contributed by atoms with van der Waals surface area (Å²) in [6.07, 6.45) is 4.97. The molecule has 0 aromatic carbocycles. The van der Waals surface area contributed by atoms with Crippen LogP contribution in [0.25, 0.3) is 0 Å². The highest BCUT2D eigenvalue weighted by molar-refractivity contribution is 7.99. The highest BCUT2D eigenvalue weighted by atomic mass is 32.2. The first-order valence-electron chi connectivity index (χ1n) is 5.11. The molecule has 0 radical (unpaired) electrons. The molecule has 0 saturated carbocycles. The van der Waals surface area contributed by atoms with Crippen LogP contribution in [0.2, 0.25) is 0 Å². The molecule has 0 aliphatic carbocycles. The first kappa shape index (κ1) is 11.5. The standard InChI is InChI=1S/C11H18N2S/c1-2-14-8-4-7-13-10-11-5-3-6-12-9-11/h3,5-6,9,13H,2,4,7-8,10H2,1H3. The summed E-state index contributed by atoms with van der Waals surface area (Å²) in [4.78, 5) is 4.07. The maximum atomic E-state index is 4.07. The minimum Gasteiger partial charge on any atom is -0.313 e. The van der Waals surface area contributed by atoms with Gasteiger partial charge in [-0.25, -0.2) is 0 Å². The lowest BCUT2D eigenvalue weighted by molar-refractivity contribution is 0.677. The Hall–Kier alpha value is -0.540. The van der Waals surface area contributed by atoms with E-state index in [1.54, 1.807) is 6.20 Å². The van der Waals surface area contributed by atoms with Crippen molar-refractivity contribution in [3.63, 3.8) is 0 Å². The van der Waals surface area contributed by atoms with Gasteiger partial charge in [0, 0.05) is 18.9 Å². The molecule has 14 heavy (non-hydrogen) atoms. The third-order valence-corrected chi connectivity index (χ3v) is 2.88. The van der Waals surface area contributed by atoms with Gasteiger partial charge in [-0.1, -0.05) is 13.0 Å². The van der Waals surface area contributed by atoms with E-state index in [0.717, 1.165) is 13.1 Å². The van der Waals surface area contributed by atoms with Crippen LogP contribution in [-0.2, 0) is 6.54 Å². The summed E-state index contributed by atoms with van der Waals surface area (Å²) in [6.45, 7) is 4.24. The van der Waals surface area contributed by atoms with Crippen molar-refractivity contribution in [2.45, 2.75) is 19.9 Å². The Morgan fingerprint density at radius 3 is 3.14 bits per heavy atom. The summed E-state index contributed by atoms with van der Waals surface area (Å²) in [5.41, 5.74) is 1.26. The van der Waals surface area contributed by atoms with Crippen LogP contribution in [-0.4, -0.2) is 23.0 Å². The molecule has 0 saturated heterocycles. The number of hydrogen-bond acceptors (Lipinski definition) is 3. The van der Waals surface area contributed by atoms with Crippen LogP contribution < -0.4 is 5.32 Å². The van der Waals surface area contributed by atoms with Gasteiger partial charge in [-0.05, 0) is 36.1 Å². The molecule has 1 N–H and O–H groups in total. The van der Waals surface area contributed by atoms with Gasteiger partial charge in [-0.15, -0.1) is 0 Å². The van der Waals surface area contributed by atoms with Crippen LogP contribution in [0, 0.1) is 0 Å². The molecule has 0 atom stereocenters. The Labute approximate surface area is 90.5 Å². The molecule has 0 unspecified atom stereocenters. The van der Waals surface area contributed by atoms with Crippen molar-refractivity contribution in [1.29, 1.82) is 0 Å². The fourth-order valence-corrected chi connectivity index (χ4v) is 1.82. The molecule has 78 valence electrons. The third-order valence-electron chi connectivity index (χ3n) is 1.90. The first-order chi connectivity index (χ1) is 6.93. The topological polar surface area (TPSA) is 24.9 Å². The molecular weight excluding hydrogens is 192 g/mol. The number of pyridine rings is 1. The van der Waals surface area contributed by atoms with Gasteiger partial charge < -0.3 is 5.32 Å². The summed E-state index contributed by atoms with van der Waals surface area (Å²) >= 11 is 2.00. The fraction of sp³-hybridized carbons (Fsp3) is 0.545. The number of nitrogens with one attached hydrogen (secondary N) is 1. The van der Waals surface area contributed by atoms with Crippen molar-refractivity contribution < 1.29 is 0 Å². The Balaban J connectivity index is 1.99. The van der Waals surface area contributed by atoms with Gasteiger partial charge in [-0.3, -0.25) is 4.98 Å². The highest BCUT2D eigenvalue weighted by Crippen LogP contribution is 2.00. The van der Waals surface area contributed by atoms with Crippen molar-refractivity contribution in [2.24, 2.45) is 0 Å². The molecule has 1 rings (SSSR count). The van der Waals surface area contributed by atoms with E-state index in [4.69, 9.17) is 0 Å². The lowest BCUT2D eigenvalue weighted by Crippen LogP contribution is -2.15. The number of nitrogens with zero attached hydrogens (tertiary/aromatic N) is 1. The van der Waals surface area contributed by atoms with Crippen LogP contribution in [0.1, 0.15) is 18.9 Å². The Bertz CT molecular complexity index is 226. The van der Waals surface area contributed by atoms with Crippen molar-refractivity contribution in [2.75, 3.05) is 18.1 Å². The van der Waals surface area contributed by atoms with Crippen LogP contribution in [0.4, 0.5) is 0 Å². The fourth-order valence-electron chi connectivity index (χ4n) is 1.18. The lowest BCUT2D eigenvalue weighted by Gasteiger charge is -2.03. The molecule has 0 spiro atoms. The number of hydrogen-bond donors (Lipinski definition) is 1. The lowest BCUT2D eigenvalue weighted by atomic mass is 10.3. The predicted molar refractivity (Wildman–Crippen MR) is 63.6 cm³/mol. The van der Waals surface area contributed by atoms with Gasteiger partial charge >= 0.3 is 0 Å². The average molecular weight is 210 g/mol. The largest absolute Gasteiger partial charge is 0.313 e. The van der Waals surface area contributed by atoms with Crippen molar-refractivity contribution in [3.8, 4) is 0 Å². The zero-order chi connectivity index (χ0) is 10.1. The van der Waals surface area contributed by atoms with E-state index in [0.29, 0.717) is 0 Å². The quantitative estimate of drug-likeness (QED) is 0.699. The molecule has 0 aliphatic heterocycles. The summed E-state index contributed by atoms with van der Waals surface area (Å²) in [7, 11) is 0. The first-order valence-corrected chi connectivity index (χ1v) is 6.26. The number of thioether (sulfide) groups is 1. The van der Waals surface area contributed by atoms with Crippen LogP contribution in [0.15, 0.2) is 24.5 Å². The monoisotopic (exact) mass is 210 g/mol. The molecule has 1 aromatic rings. The molecular formula is C11H18N2S. The van der Waals surface area contributed by atoms with E-state index in [-0.39, 0.29) is 0 Å². The zero-order valence-corrected chi connectivity index (χ0v) is 9.52. The molecule has 0 aliphatic rings. The smallest absolute Gasteiger partial charge is 0.0312 e. The van der Waals surface area contributed by atoms with Gasteiger partial charge in [0.05, 0.1) is 0 Å². The van der Waals surface area contributed by atoms with E-state index in [9.17, 15) is 0 Å². The Morgan fingerprint density at radius 1 is 1.50 bits per heavy atom. The second-order valence-corrected chi connectivity index (χ2v) is 4.48. The van der Waals surface area contributed by atoms with Crippen molar-refractivity contribution in [3.05, 3.63) is 30.1 Å². The summed E-state index contributed by atoms with van der Waals surface area (Å²) in [5.74, 6) is 2.49. The minimum atomic E-state index is 0.935. The maximum absolute atomic E-state index is 4.07. The Morgan fingerprint density at radius 2 is 2.43 bits per heavy atom. The van der Waals surface area contributed by atoms with E-state index in [1.165, 1.54) is 23.5 Å². The molecule has 1 heterocycles. The SMILES string of the molecule is CCSCCCNCc1cccnc1.